The second-order valence-corrected chi connectivity index (χ2v) is 7.61. The molecule has 4 rings (SSSR count). The number of fused-ring (bicyclic) bond motifs is 1. The van der Waals surface area contributed by atoms with Crippen LogP contribution in [0.25, 0.3) is 0 Å². The number of amides is 3. The highest BCUT2D eigenvalue weighted by atomic mass is 16.2. The Balaban J connectivity index is 1.31. The van der Waals surface area contributed by atoms with Gasteiger partial charge in [0.15, 0.2) is 0 Å². The Labute approximate surface area is 164 Å². The lowest BCUT2D eigenvalue weighted by atomic mass is 10.1. The number of aryl methyl sites for hydroxylation is 2. The molecule has 1 aromatic heterocycles. The summed E-state index contributed by atoms with van der Waals surface area (Å²) in [7, 11) is 0. The van der Waals surface area contributed by atoms with Gasteiger partial charge in [-0.2, -0.15) is 0 Å². The van der Waals surface area contributed by atoms with Crippen molar-refractivity contribution in [2.75, 3.05) is 6.54 Å². The van der Waals surface area contributed by atoms with E-state index >= 15 is 0 Å². The fourth-order valence-corrected chi connectivity index (χ4v) is 3.32. The third-order valence-electron chi connectivity index (χ3n) is 5.22. The molecule has 0 unspecified atom stereocenters. The lowest BCUT2D eigenvalue weighted by Crippen LogP contribution is -2.44. The van der Waals surface area contributed by atoms with Gasteiger partial charge in [-0.1, -0.05) is 35.0 Å². The molecule has 0 bridgehead atoms. The molecule has 2 N–H and O–H groups in total. The van der Waals surface area contributed by atoms with E-state index in [4.69, 9.17) is 0 Å². The minimum absolute atomic E-state index is 0.0627. The van der Waals surface area contributed by atoms with E-state index in [-0.39, 0.29) is 11.9 Å². The van der Waals surface area contributed by atoms with Crippen LogP contribution in [0.4, 0.5) is 4.79 Å². The molecule has 2 heterocycles. The molecule has 0 radical (unpaired) electrons. The largest absolute Gasteiger partial charge is 0.353 e. The van der Waals surface area contributed by atoms with Gasteiger partial charge < -0.3 is 15.5 Å². The fourth-order valence-electron chi connectivity index (χ4n) is 3.32. The lowest BCUT2D eigenvalue weighted by Gasteiger charge is -2.28. The number of nitrogens with one attached hydrogen (secondary N) is 2. The average molecular weight is 382 g/mol. The maximum absolute atomic E-state index is 12.6. The van der Waals surface area contributed by atoms with Gasteiger partial charge in [-0.25, -0.2) is 9.48 Å². The van der Waals surface area contributed by atoms with Crippen LogP contribution in [-0.2, 0) is 30.8 Å². The van der Waals surface area contributed by atoms with Crippen molar-refractivity contribution in [3.8, 4) is 0 Å². The first-order valence-corrected chi connectivity index (χ1v) is 9.87. The van der Waals surface area contributed by atoms with E-state index in [0.717, 1.165) is 29.8 Å². The topological polar surface area (TPSA) is 92.2 Å². The maximum atomic E-state index is 12.6. The van der Waals surface area contributed by atoms with Crippen LogP contribution in [-0.4, -0.2) is 44.4 Å². The number of carbonyl (C=O) groups excluding carboxylic acids is 2. The Hall–Kier alpha value is -2.90. The number of hydrogen-bond acceptors (Lipinski definition) is 4. The second-order valence-electron chi connectivity index (χ2n) is 7.61. The Morgan fingerprint density at radius 1 is 1.18 bits per heavy atom. The molecule has 148 valence electrons. The lowest BCUT2D eigenvalue weighted by molar-refractivity contribution is -0.121. The first-order chi connectivity index (χ1) is 13.6. The molecule has 0 saturated heterocycles. The molecule has 8 heteroatoms. The molecule has 3 amide bonds. The van der Waals surface area contributed by atoms with Gasteiger partial charge in [0.25, 0.3) is 0 Å². The van der Waals surface area contributed by atoms with E-state index in [1.54, 1.807) is 4.90 Å². The van der Waals surface area contributed by atoms with E-state index in [1.165, 1.54) is 5.56 Å². The summed E-state index contributed by atoms with van der Waals surface area (Å²) in [5, 5.41) is 14.4. The van der Waals surface area contributed by atoms with Crippen molar-refractivity contribution in [3.05, 3.63) is 46.8 Å². The van der Waals surface area contributed by atoms with E-state index in [0.29, 0.717) is 45.1 Å². The van der Waals surface area contributed by atoms with E-state index < -0.39 is 0 Å². The number of benzene rings is 1. The maximum Gasteiger partial charge on any atom is 0.318 e. The molecule has 1 aliphatic heterocycles. The quantitative estimate of drug-likeness (QED) is 0.792. The highest BCUT2D eigenvalue weighted by Crippen LogP contribution is 2.19. The van der Waals surface area contributed by atoms with Crippen LogP contribution < -0.4 is 10.6 Å². The highest BCUT2D eigenvalue weighted by molar-refractivity contribution is 5.77. The smallest absolute Gasteiger partial charge is 0.318 e. The van der Waals surface area contributed by atoms with E-state index in [9.17, 15) is 9.59 Å². The number of aromatic nitrogens is 3. The monoisotopic (exact) mass is 382 g/mol. The summed E-state index contributed by atoms with van der Waals surface area (Å²) in [5.74, 6) is 0.0627. The molecule has 2 aliphatic rings. The van der Waals surface area contributed by atoms with Gasteiger partial charge in [-0.05, 0) is 25.3 Å². The number of hydrogen-bond donors (Lipinski definition) is 2. The van der Waals surface area contributed by atoms with Crippen LogP contribution in [0.1, 0.15) is 41.8 Å². The zero-order valence-electron chi connectivity index (χ0n) is 16.1. The first-order valence-electron chi connectivity index (χ1n) is 9.87. The van der Waals surface area contributed by atoms with E-state index in [2.05, 4.69) is 20.9 Å². The average Bonchev–Trinajstić information content (AvgIpc) is 3.42. The molecule has 1 fully saturated rings. The van der Waals surface area contributed by atoms with Crippen molar-refractivity contribution in [2.45, 2.75) is 58.3 Å². The van der Waals surface area contributed by atoms with Crippen LogP contribution in [0.2, 0.25) is 0 Å². The Kier molecular flexibility index (Phi) is 5.27. The van der Waals surface area contributed by atoms with Crippen LogP contribution in [0.15, 0.2) is 24.3 Å². The van der Waals surface area contributed by atoms with Crippen molar-refractivity contribution in [1.29, 1.82) is 0 Å². The number of rotatable bonds is 6. The molecule has 0 spiro atoms. The predicted octanol–water partition coefficient (Wildman–Crippen LogP) is 1.52. The minimum Gasteiger partial charge on any atom is -0.353 e. The van der Waals surface area contributed by atoms with Gasteiger partial charge in [0.05, 0.1) is 24.5 Å². The minimum atomic E-state index is -0.0922. The third kappa shape index (κ3) is 4.49. The van der Waals surface area contributed by atoms with Gasteiger partial charge in [-0.3, -0.25) is 4.79 Å². The van der Waals surface area contributed by atoms with Gasteiger partial charge in [-0.15, -0.1) is 5.10 Å². The van der Waals surface area contributed by atoms with Gasteiger partial charge in [0.2, 0.25) is 5.91 Å². The molecule has 2 aromatic rings. The molecular weight excluding hydrogens is 356 g/mol. The summed E-state index contributed by atoms with van der Waals surface area (Å²) in [4.78, 5) is 26.3. The Morgan fingerprint density at radius 2 is 1.96 bits per heavy atom. The summed E-state index contributed by atoms with van der Waals surface area (Å²) < 4.78 is 1.85. The first kappa shape index (κ1) is 18.5. The standard InChI is InChI=1S/C20H26N6O2/c1-14-2-4-15(5-3-14)12-21-20(28)25-10-11-26-18(13-25)17(23-24-26)8-9-19(27)22-16-6-7-16/h2-5,16H,6-13H2,1H3,(H,21,28)(H,22,27). The fraction of sp³-hybridized carbons (Fsp3) is 0.500. The zero-order valence-corrected chi connectivity index (χ0v) is 16.1. The van der Waals surface area contributed by atoms with Crippen LogP contribution in [0.3, 0.4) is 0 Å². The molecule has 28 heavy (non-hydrogen) atoms. The molecule has 1 aliphatic carbocycles. The zero-order chi connectivity index (χ0) is 19.5. The SMILES string of the molecule is Cc1ccc(CNC(=O)N2CCn3nnc(CCC(=O)NC4CC4)c3C2)cc1. The number of urea groups is 1. The normalized spacial score (nSPS) is 15.8. The van der Waals surface area contributed by atoms with Gasteiger partial charge >= 0.3 is 6.03 Å². The summed E-state index contributed by atoms with van der Waals surface area (Å²) in [6.07, 6.45) is 3.12. The highest BCUT2D eigenvalue weighted by Gasteiger charge is 2.26. The number of carbonyl (C=O) groups is 2. The van der Waals surface area contributed by atoms with Gasteiger partial charge in [0.1, 0.15) is 0 Å². The third-order valence-corrected chi connectivity index (χ3v) is 5.22. The molecule has 1 aromatic carbocycles. The summed E-state index contributed by atoms with van der Waals surface area (Å²) in [6, 6.07) is 8.40. The second kappa shape index (κ2) is 8.00. The van der Waals surface area contributed by atoms with Crippen molar-refractivity contribution in [3.63, 3.8) is 0 Å². The summed E-state index contributed by atoms with van der Waals surface area (Å²) in [6.45, 7) is 4.22. The summed E-state index contributed by atoms with van der Waals surface area (Å²) >= 11 is 0. The van der Waals surface area contributed by atoms with Crippen molar-refractivity contribution >= 4 is 11.9 Å². The predicted molar refractivity (Wildman–Crippen MR) is 103 cm³/mol. The van der Waals surface area contributed by atoms with Crippen LogP contribution in [0, 0.1) is 6.92 Å². The summed E-state index contributed by atoms with van der Waals surface area (Å²) in [5.41, 5.74) is 4.01. The Bertz CT molecular complexity index is 856. The van der Waals surface area contributed by atoms with Crippen molar-refractivity contribution in [2.24, 2.45) is 0 Å². The molecular formula is C20H26N6O2. The van der Waals surface area contributed by atoms with Gasteiger partial charge in [0, 0.05) is 32.0 Å². The van der Waals surface area contributed by atoms with Crippen molar-refractivity contribution < 1.29 is 9.59 Å². The number of nitrogens with zero attached hydrogens (tertiary/aromatic N) is 4. The molecule has 8 nitrogen and oxygen atoms in total. The molecule has 1 saturated carbocycles. The van der Waals surface area contributed by atoms with Crippen LogP contribution in [0.5, 0.6) is 0 Å². The molecule has 0 atom stereocenters. The Morgan fingerprint density at radius 3 is 2.71 bits per heavy atom. The van der Waals surface area contributed by atoms with E-state index in [1.807, 2.05) is 35.9 Å². The van der Waals surface area contributed by atoms with Crippen molar-refractivity contribution in [1.82, 2.24) is 30.5 Å². The van der Waals surface area contributed by atoms with Crippen LogP contribution >= 0.6 is 0 Å².